The molecule has 0 spiro atoms. The number of hydrogen-bond acceptors (Lipinski definition) is 23. The largest absolute Gasteiger partial charge is 0.454 e. The van der Waals surface area contributed by atoms with Crippen LogP contribution in [0.1, 0.15) is 92.5 Å². The third-order valence-electron chi connectivity index (χ3n) is 12.6. The number of alkyl halides is 2. The fraction of sp³-hybridized carbons (Fsp3) is 0.132. The molecule has 21 nitrogen and oxygen atoms in total. The van der Waals surface area contributed by atoms with Gasteiger partial charge in [0.1, 0.15) is 68.0 Å². The topological polar surface area (TPSA) is 273 Å². The van der Waals surface area contributed by atoms with Crippen LogP contribution in [0, 0.1) is 20.8 Å². The summed E-state index contributed by atoms with van der Waals surface area (Å²) in [6.07, 6.45) is 27.1. The number of pyridine rings is 9. The van der Waals surface area contributed by atoms with E-state index in [9.17, 15) is 28.0 Å². The molecule has 93 heavy (non-hydrogen) atoms. The van der Waals surface area contributed by atoms with E-state index in [2.05, 4.69) is 64.8 Å². The molecule has 0 bridgehead atoms. The van der Waals surface area contributed by atoms with Gasteiger partial charge in [-0.05, 0) is 105 Å². The van der Waals surface area contributed by atoms with Crippen LogP contribution < -0.4 is 18.9 Å². The molecule has 0 aromatic carbocycles. The summed E-state index contributed by atoms with van der Waals surface area (Å²) in [4.78, 5) is 102. The van der Waals surface area contributed by atoms with Crippen LogP contribution in [0.5, 0.6) is 46.0 Å². The van der Waals surface area contributed by atoms with Gasteiger partial charge >= 0.3 is 0 Å². The summed E-state index contributed by atoms with van der Waals surface area (Å²) < 4.78 is 48.9. The van der Waals surface area contributed by atoms with Crippen molar-refractivity contribution in [1.29, 1.82) is 0 Å². The summed E-state index contributed by atoms with van der Waals surface area (Å²) >= 11 is 2.52. The smallest absolute Gasteiger partial charge is 0.287 e. The molecule has 12 rings (SSSR count). The van der Waals surface area contributed by atoms with Gasteiger partial charge in [0.05, 0.1) is 75.3 Å². The zero-order chi connectivity index (χ0) is 65.4. The molecule has 0 amide bonds. The number of nitrogens with zero attached hydrogens (tertiary/aromatic N) is 13. The highest BCUT2D eigenvalue weighted by Crippen LogP contribution is 2.30. The number of aromatic nitrogens is 13. The molecule has 0 saturated heterocycles. The molecule has 0 atom stereocenters. The highest BCUT2D eigenvalue weighted by atomic mass is 32.1. The summed E-state index contributed by atoms with van der Waals surface area (Å²) in [6, 6.07) is 28.1. The lowest BCUT2D eigenvalue weighted by atomic mass is 10.1. The Bertz CT molecular complexity index is 4430. The molecule has 12 aromatic rings. The van der Waals surface area contributed by atoms with Gasteiger partial charge in [-0.3, -0.25) is 64.0 Å². The third-order valence-corrected chi connectivity index (χ3v) is 14.4. The first kappa shape index (κ1) is 65.9. The predicted octanol–water partition coefficient (Wildman–Crippen LogP) is 13.9. The van der Waals surface area contributed by atoms with E-state index in [-0.39, 0.29) is 54.5 Å². The van der Waals surface area contributed by atoms with Crippen LogP contribution in [-0.4, -0.2) is 87.9 Å². The fourth-order valence-corrected chi connectivity index (χ4v) is 9.62. The highest BCUT2D eigenvalue weighted by molar-refractivity contribution is 7.10. The lowest BCUT2D eigenvalue weighted by Crippen LogP contribution is -2.09. The number of halogens is 2. The minimum absolute atomic E-state index is 0.0292. The Morgan fingerprint density at radius 2 is 0.914 bits per heavy atom. The summed E-state index contributed by atoms with van der Waals surface area (Å²) in [5.41, 5.74) is 5.75. The number of hydrogen-bond donors (Lipinski definition) is 0. The van der Waals surface area contributed by atoms with Gasteiger partial charge in [-0.25, -0.2) is 19.9 Å². The van der Waals surface area contributed by atoms with Crippen molar-refractivity contribution in [3.8, 4) is 46.0 Å². The van der Waals surface area contributed by atoms with Crippen molar-refractivity contribution in [1.82, 2.24) is 64.8 Å². The summed E-state index contributed by atoms with van der Waals surface area (Å²) in [7, 11) is 0. The lowest BCUT2D eigenvalue weighted by Gasteiger charge is -2.07. The molecule has 0 saturated carbocycles. The van der Waals surface area contributed by atoms with E-state index in [0.717, 1.165) is 51.6 Å². The summed E-state index contributed by atoms with van der Waals surface area (Å²) in [5.74, 6) is 0.636. The number of carbonyl (C=O) groups excluding carboxylic acids is 4. The maximum absolute atomic E-state index is 13.2. The number of Topliss-reactive ketones (excluding diaryl/α,β-unsaturated/α-hetero) is 4. The van der Waals surface area contributed by atoms with Crippen molar-refractivity contribution in [2.75, 3.05) is 0 Å². The molecule has 12 heterocycles. The van der Waals surface area contributed by atoms with E-state index >= 15 is 0 Å². The molecule has 0 radical (unpaired) electrons. The average Bonchev–Trinajstić information content (AvgIpc) is 3.35. The number of ketones is 4. The van der Waals surface area contributed by atoms with Crippen molar-refractivity contribution < 1.29 is 46.9 Å². The standard InChI is InChI=1S/C18H16N4O2.C17H13F2N3O2S.C17H13N3O2.C16H13N3O2S/c1-12-3-4-14(22-13(12)2)7-18(23)17-8-15(5-6-21-17)24-16-9-19-11-20-10-16;1-17(18,19)15-10-25-16(22-15)6-14(23)11-5-13(9-21-7-11)24-12-3-2-4-20-8-12;21-17(9-14-4-1-2-7-20-14)13-8-16(12-19-10-13)22-15-5-3-6-18-11-15;1-11-10-22-16(19-11)6-15(20)12-5-14(9-18-7-12)21-13-3-2-4-17-8-13/h3-6,8-11H,7H2,1-2H3;2-5,7-10H,6H2,1H3;1-8,10-12H,9H2;2-5,7-10H,6H2,1H3. The van der Waals surface area contributed by atoms with Crippen LogP contribution in [0.3, 0.4) is 0 Å². The van der Waals surface area contributed by atoms with Gasteiger partial charge in [0.2, 0.25) is 0 Å². The monoisotopic (exact) mass is 1280 g/mol. The van der Waals surface area contributed by atoms with Crippen molar-refractivity contribution in [2.45, 2.75) is 59.3 Å². The minimum atomic E-state index is -3.02. The highest BCUT2D eigenvalue weighted by Gasteiger charge is 2.28. The molecule has 0 N–H and O–H groups in total. The Morgan fingerprint density at radius 1 is 0.419 bits per heavy atom. The van der Waals surface area contributed by atoms with E-state index in [4.69, 9.17) is 18.9 Å². The Morgan fingerprint density at radius 3 is 1.39 bits per heavy atom. The van der Waals surface area contributed by atoms with E-state index < -0.39 is 5.92 Å². The molecule has 466 valence electrons. The third kappa shape index (κ3) is 21.0. The number of thiazole rings is 2. The van der Waals surface area contributed by atoms with E-state index in [0.29, 0.717) is 73.4 Å². The first-order chi connectivity index (χ1) is 45.0. The molecule has 12 aromatic heterocycles. The van der Waals surface area contributed by atoms with Crippen LogP contribution >= 0.6 is 22.7 Å². The summed E-state index contributed by atoms with van der Waals surface area (Å²) in [5, 5.41) is 4.34. The Balaban J connectivity index is 0.000000146. The molecule has 25 heteroatoms. The van der Waals surface area contributed by atoms with E-state index in [1.165, 1.54) is 47.8 Å². The van der Waals surface area contributed by atoms with Gasteiger partial charge in [0, 0.05) is 113 Å². The van der Waals surface area contributed by atoms with Crippen LogP contribution in [0.25, 0.3) is 0 Å². The number of ether oxygens (including phenoxy) is 4. The predicted molar refractivity (Wildman–Crippen MR) is 341 cm³/mol. The normalized spacial score (nSPS) is 10.6. The second-order valence-electron chi connectivity index (χ2n) is 20.0. The Labute approximate surface area is 539 Å². The molecule has 0 aliphatic carbocycles. The van der Waals surface area contributed by atoms with Crippen LogP contribution in [0.2, 0.25) is 0 Å². The molecular formula is C68H55F2N13O8S2. The van der Waals surface area contributed by atoms with E-state index in [1.54, 1.807) is 141 Å². The van der Waals surface area contributed by atoms with Crippen molar-refractivity contribution in [3.63, 3.8) is 0 Å². The van der Waals surface area contributed by atoms with Gasteiger partial charge in [0.25, 0.3) is 5.92 Å². The van der Waals surface area contributed by atoms with Gasteiger partial charge in [-0.15, -0.1) is 22.7 Å². The Kier molecular flexibility index (Phi) is 23.2. The zero-order valence-corrected chi connectivity index (χ0v) is 51.8. The minimum Gasteiger partial charge on any atom is -0.454 e. The molecule has 0 aliphatic heterocycles. The number of carbonyl (C=O) groups is 4. The number of rotatable bonds is 21. The first-order valence-corrected chi connectivity index (χ1v) is 30.0. The lowest BCUT2D eigenvalue weighted by molar-refractivity contribution is 0.0132. The second-order valence-corrected chi connectivity index (χ2v) is 21.9. The quantitative estimate of drug-likeness (QED) is 0.0605. The van der Waals surface area contributed by atoms with Gasteiger partial charge in [-0.1, -0.05) is 12.1 Å². The average molecular weight is 1280 g/mol. The molecule has 0 unspecified atom stereocenters. The Hall–Kier alpha value is -11.6. The maximum Gasteiger partial charge on any atom is 0.287 e. The van der Waals surface area contributed by atoms with Gasteiger partial charge in [0.15, 0.2) is 28.9 Å². The zero-order valence-electron chi connectivity index (χ0n) is 50.2. The fourth-order valence-electron chi connectivity index (χ4n) is 7.98. The number of aryl methyl sites for hydroxylation is 3. The second kappa shape index (κ2) is 32.8. The van der Waals surface area contributed by atoms with Gasteiger partial charge < -0.3 is 18.9 Å². The van der Waals surface area contributed by atoms with Crippen LogP contribution in [-0.2, 0) is 31.6 Å². The van der Waals surface area contributed by atoms with Crippen molar-refractivity contribution in [3.05, 3.63) is 280 Å². The van der Waals surface area contributed by atoms with E-state index in [1.807, 2.05) is 56.5 Å². The van der Waals surface area contributed by atoms with Crippen molar-refractivity contribution >= 4 is 45.8 Å². The van der Waals surface area contributed by atoms with Gasteiger partial charge in [-0.2, -0.15) is 8.78 Å². The first-order valence-electron chi connectivity index (χ1n) is 28.2. The van der Waals surface area contributed by atoms with Crippen LogP contribution in [0.15, 0.2) is 213 Å². The molecule has 0 fully saturated rings. The van der Waals surface area contributed by atoms with Crippen LogP contribution in [0.4, 0.5) is 8.78 Å². The SMILES string of the molecule is CC(F)(F)c1csc(CC(=O)c2cncc(Oc3cccnc3)c2)n1.Cc1ccc(CC(=O)c2cc(Oc3cncnc3)ccn2)nc1C.Cc1csc(CC(=O)c2cncc(Oc3cccnc3)c2)n1.O=C(Cc1ccccn1)c1cncc(Oc2cccnc2)c1. The maximum atomic E-state index is 13.2. The molecular weight excluding hydrogens is 1230 g/mol. The summed E-state index contributed by atoms with van der Waals surface area (Å²) in [6.45, 7) is 6.60. The van der Waals surface area contributed by atoms with Crippen molar-refractivity contribution in [2.24, 2.45) is 0 Å². The molecule has 0 aliphatic rings.